The Labute approximate surface area is 125 Å². The highest BCUT2D eigenvalue weighted by molar-refractivity contribution is 6.30. The van der Waals surface area contributed by atoms with Crippen LogP contribution in [-0.4, -0.2) is 15.7 Å². The van der Waals surface area contributed by atoms with E-state index in [4.69, 9.17) is 16.0 Å². The lowest BCUT2D eigenvalue weighted by Gasteiger charge is -2.07. The highest BCUT2D eigenvalue weighted by Gasteiger charge is 2.14. The molecule has 0 spiro atoms. The molecule has 21 heavy (non-hydrogen) atoms. The first-order valence-electron chi connectivity index (χ1n) is 6.19. The maximum absolute atomic E-state index is 11.3. The van der Waals surface area contributed by atoms with Crippen molar-refractivity contribution in [2.24, 2.45) is 0 Å². The molecule has 2 heterocycles. The summed E-state index contributed by atoms with van der Waals surface area (Å²) in [5.41, 5.74) is 0.889. The number of halogens is 1. The summed E-state index contributed by atoms with van der Waals surface area (Å²) in [6.45, 7) is 1.80. The number of benzene rings is 1. The van der Waals surface area contributed by atoms with Crippen LogP contribution in [0.1, 0.15) is 16.2 Å². The SMILES string of the molecule is Cc1ccc(-c2cc(C(=O)[O-])n(-c3cccc(Cl)c3)n2)o1. The highest BCUT2D eigenvalue weighted by Crippen LogP contribution is 2.24. The van der Waals surface area contributed by atoms with Gasteiger partial charge in [-0.3, -0.25) is 0 Å². The molecule has 106 valence electrons. The Hall–Kier alpha value is -2.53. The van der Waals surface area contributed by atoms with Crippen LogP contribution >= 0.6 is 11.6 Å². The molecule has 0 unspecified atom stereocenters. The van der Waals surface area contributed by atoms with Crippen molar-refractivity contribution in [3.05, 3.63) is 58.9 Å². The number of aryl methyl sites for hydroxylation is 1. The van der Waals surface area contributed by atoms with Crippen molar-refractivity contribution >= 4 is 17.6 Å². The Bertz CT molecular complexity index is 820. The lowest BCUT2D eigenvalue weighted by Crippen LogP contribution is -2.25. The van der Waals surface area contributed by atoms with Gasteiger partial charge in [0.15, 0.2) is 5.76 Å². The monoisotopic (exact) mass is 301 g/mol. The van der Waals surface area contributed by atoms with Gasteiger partial charge in [0.2, 0.25) is 0 Å². The van der Waals surface area contributed by atoms with Gasteiger partial charge in [0, 0.05) is 5.02 Å². The standard InChI is InChI=1S/C15H11ClN2O3/c1-9-5-6-14(21-9)12-8-13(15(19)20)18(17-12)11-4-2-3-10(16)7-11/h2-8H,1H3,(H,19,20)/p-1. The van der Waals surface area contributed by atoms with Gasteiger partial charge in [0.25, 0.3) is 0 Å². The summed E-state index contributed by atoms with van der Waals surface area (Å²) < 4.78 is 6.73. The Morgan fingerprint density at radius 2 is 2.10 bits per heavy atom. The predicted molar refractivity (Wildman–Crippen MR) is 75.3 cm³/mol. The topological polar surface area (TPSA) is 71.1 Å². The molecular weight excluding hydrogens is 292 g/mol. The fraction of sp³-hybridized carbons (Fsp3) is 0.0667. The summed E-state index contributed by atoms with van der Waals surface area (Å²) >= 11 is 5.93. The van der Waals surface area contributed by atoms with E-state index in [2.05, 4.69) is 5.10 Å². The summed E-state index contributed by atoms with van der Waals surface area (Å²) in [6.07, 6.45) is 0. The third-order valence-corrected chi connectivity index (χ3v) is 3.20. The smallest absolute Gasteiger partial charge is 0.154 e. The van der Waals surface area contributed by atoms with Crippen molar-refractivity contribution < 1.29 is 14.3 Å². The second kappa shape index (κ2) is 5.10. The first kappa shape index (κ1) is 13.5. The van der Waals surface area contributed by atoms with Crippen LogP contribution in [0.5, 0.6) is 0 Å². The molecule has 0 N–H and O–H groups in total. The number of aromatic nitrogens is 2. The Balaban J connectivity index is 2.15. The summed E-state index contributed by atoms with van der Waals surface area (Å²) in [7, 11) is 0. The van der Waals surface area contributed by atoms with E-state index < -0.39 is 5.97 Å². The van der Waals surface area contributed by atoms with Crippen molar-refractivity contribution in [1.29, 1.82) is 0 Å². The van der Waals surface area contributed by atoms with E-state index in [1.54, 1.807) is 43.3 Å². The van der Waals surface area contributed by atoms with Crippen molar-refractivity contribution in [1.82, 2.24) is 9.78 Å². The van der Waals surface area contributed by atoms with Crippen molar-refractivity contribution in [3.63, 3.8) is 0 Å². The van der Waals surface area contributed by atoms with Gasteiger partial charge in [-0.25, -0.2) is 4.68 Å². The van der Waals surface area contributed by atoms with E-state index in [0.717, 1.165) is 5.76 Å². The number of carbonyl (C=O) groups excluding carboxylic acids is 1. The van der Waals surface area contributed by atoms with Gasteiger partial charge in [0.05, 0.1) is 17.4 Å². The summed E-state index contributed by atoms with van der Waals surface area (Å²) in [6, 6.07) is 11.7. The van der Waals surface area contributed by atoms with E-state index in [-0.39, 0.29) is 5.69 Å². The third kappa shape index (κ3) is 2.55. The molecule has 0 aliphatic rings. The molecule has 3 aromatic rings. The van der Waals surface area contributed by atoms with Gasteiger partial charge in [-0.2, -0.15) is 5.10 Å². The van der Waals surface area contributed by atoms with Gasteiger partial charge in [-0.1, -0.05) is 17.7 Å². The minimum atomic E-state index is -1.32. The second-order valence-corrected chi connectivity index (χ2v) is 4.94. The molecule has 0 radical (unpaired) electrons. The lowest BCUT2D eigenvalue weighted by atomic mass is 10.3. The zero-order valence-corrected chi connectivity index (χ0v) is 11.8. The minimum absolute atomic E-state index is 0.0682. The number of hydrogen-bond donors (Lipinski definition) is 0. The zero-order valence-electron chi connectivity index (χ0n) is 11.0. The average Bonchev–Trinajstić information content (AvgIpc) is 3.04. The Kier molecular flexibility index (Phi) is 3.27. The number of nitrogens with zero attached hydrogens (tertiary/aromatic N) is 2. The fourth-order valence-electron chi connectivity index (χ4n) is 2.02. The molecule has 0 aliphatic heterocycles. The molecule has 3 rings (SSSR count). The molecule has 0 saturated heterocycles. The molecule has 2 aromatic heterocycles. The highest BCUT2D eigenvalue weighted by atomic mass is 35.5. The van der Waals surface area contributed by atoms with Crippen LogP contribution in [0.3, 0.4) is 0 Å². The molecule has 0 bridgehead atoms. The quantitative estimate of drug-likeness (QED) is 0.745. The average molecular weight is 302 g/mol. The largest absolute Gasteiger partial charge is 0.543 e. The van der Waals surface area contributed by atoms with Gasteiger partial charge in [0.1, 0.15) is 11.5 Å². The van der Waals surface area contributed by atoms with Crippen molar-refractivity contribution in [2.45, 2.75) is 6.92 Å². The maximum atomic E-state index is 11.3. The van der Waals surface area contributed by atoms with Gasteiger partial charge < -0.3 is 14.3 Å². The molecule has 0 saturated carbocycles. The molecular formula is C15H10ClN2O3-. The molecule has 6 heteroatoms. The van der Waals surface area contributed by atoms with Crippen LogP contribution in [-0.2, 0) is 0 Å². The number of aromatic carboxylic acids is 1. The zero-order chi connectivity index (χ0) is 15.0. The van der Waals surface area contributed by atoms with E-state index >= 15 is 0 Å². The van der Waals surface area contributed by atoms with E-state index in [1.807, 2.05) is 0 Å². The summed E-state index contributed by atoms with van der Waals surface area (Å²) in [5.74, 6) is -0.106. The number of rotatable bonds is 3. The van der Waals surface area contributed by atoms with Gasteiger partial charge >= 0.3 is 0 Å². The number of carboxylic acids is 1. The maximum Gasteiger partial charge on any atom is 0.154 e. The van der Waals surface area contributed by atoms with Crippen LogP contribution in [0.15, 0.2) is 46.9 Å². The lowest BCUT2D eigenvalue weighted by molar-refractivity contribution is -0.255. The first-order valence-corrected chi connectivity index (χ1v) is 6.56. The van der Waals surface area contributed by atoms with Crippen LogP contribution in [0.25, 0.3) is 17.1 Å². The second-order valence-electron chi connectivity index (χ2n) is 4.50. The summed E-state index contributed by atoms with van der Waals surface area (Å²) in [4.78, 5) is 11.3. The number of carbonyl (C=O) groups is 1. The Morgan fingerprint density at radius 1 is 1.29 bits per heavy atom. The molecule has 0 fully saturated rings. The van der Waals surface area contributed by atoms with E-state index in [9.17, 15) is 9.90 Å². The molecule has 5 nitrogen and oxygen atoms in total. The molecule has 0 amide bonds. The van der Waals surface area contributed by atoms with Crippen molar-refractivity contribution in [2.75, 3.05) is 0 Å². The third-order valence-electron chi connectivity index (χ3n) is 2.96. The van der Waals surface area contributed by atoms with E-state index in [0.29, 0.717) is 22.2 Å². The fourth-order valence-corrected chi connectivity index (χ4v) is 2.21. The van der Waals surface area contributed by atoms with Crippen LogP contribution < -0.4 is 5.11 Å². The predicted octanol–water partition coefficient (Wildman–Crippen LogP) is 2.46. The molecule has 0 atom stereocenters. The number of carboxylic acid groups (broad SMARTS) is 1. The van der Waals surface area contributed by atoms with Crippen LogP contribution in [0.4, 0.5) is 0 Å². The van der Waals surface area contributed by atoms with Crippen molar-refractivity contribution in [3.8, 4) is 17.1 Å². The molecule has 0 aliphatic carbocycles. The minimum Gasteiger partial charge on any atom is -0.543 e. The number of hydrogen-bond acceptors (Lipinski definition) is 4. The van der Waals surface area contributed by atoms with Gasteiger partial charge in [-0.15, -0.1) is 0 Å². The first-order chi connectivity index (χ1) is 10.0. The van der Waals surface area contributed by atoms with Crippen LogP contribution in [0, 0.1) is 6.92 Å². The normalized spacial score (nSPS) is 10.8. The summed E-state index contributed by atoms with van der Waals surface area (Å²) in [5, 5.41) is 16.1. The van der Waals surface area contributed by atoms with Crippen LogP contribution in [0.2, 0.25) is 5.02 Å². The molecule has 1 aromatic carbocycles. The Morgan fingerprint density at radius 3 is 2.71 bits per heavy atom. The number of furan rings is 1. The van der Waals surface area contributed by atoms with Gasteiger partial charge in [-0.05, 0) is 43.3 Å². The van der Waals surface area contributed by atoms with E-state index in [1.165, 1.54) is 10.7 Å².